The Hall–Kier alpha value is -1.37. The molecule has 0 aliphatic carbocycles. The van der Waals surface area contributed by atoms with E-state index in [4.69, 9.17) is 15.7 Å². The minimum absolute atomic E-state index is 0.538. The third kappa shape index (κ3) is 3.24. The van der Waals surface area contributed by atoms with Crippen LogP contribution >= 0.6 is 0 Å². The highest BCUT2D eigenvalue weighted by Crippen LogP contribution is 2.04. The third-order valence-corrected chi connectivity index (χ3v) is 1.61. The predicted octanol–water partition coefficient (Wildman–Crippen LogP) is 1.03. The lowest BCUT2D eigenvalue weighted by atomic mass is 10.2. The molecular formula is C10H12N2O. The molecule has 1 aromatic carbocycles. The molecule has 3 nitrogen and oxygen atoms in total. The van der Waals surface area contributed by atoms with Gasteiger partial charge < -0.3 is 10.5 Å². The van der Waals surface area contributed by atoms with Crippen molar-refractivity contribution in [3.8, 4) is 6.07 Å². The minimum atomic E-state index is 0.538. The molecule has 0 saturated heterocycles. The average molecular weight is 176 g/mol. The second-order valence-corrected chi connectivity index (χ2v) is 2.65. The zero-order valence-corrected chi connectivity index (χ0v) is 7.36. The number of hydrogen-bond acceptors (Lipinski definition) is 3. The van der Waals surface area contributed by atoms with E-state index in [9.17, 15) is 0 Å². The maximum absolute atomic E-state index is 8.54. The average Bonchev–Trinajstić information content (AvgIpc) is 2.19. The molecule has 0 amide bonds. The van der Waals surface area contributed by atoms with Crippen molar-refractivity contribution in [3.63, 3.8) is 0 Å². The van der Waals surface area contributed by atoms with Crippen molar-refractivity contribution in [3.05, 3.63) is 35.4 Å². The van der Waals surface area contributed by atoms with Gasteiger partial charge in [-0.3, -0.25) is 0 Å². The van der Waals surface area contributed by atoms with Crippen molar-refractivity contribution in [2.24, 2.45) is 5.73 Å². The van der Waals surface area contributed by atoms with Crippen molar-refractivity contribution in [2.75, 3.05) is 13.2 Å². The fourth-order valence-electron chi connectivity index (χ4n) is 0.949. The summed E-state index contributed by atoms with van der Waals surface area (Å²) in [6, 6.07) is 9.39. The van der Waals surface area contributed by atoms with Crippen LogP contribution in [0.1, 0.15) is 11.1 Å². The third-order valence-electron chi connectivity index (χ3n) is 1.61. The molecule has 68 valence electrons. The number of nitrogens with two attached hydrogens (primary N) is 1. The van der Waals surface area contributed by atoms with Crippen molar-refractivity contribution >= 4 is 0 Å². The molecule has 0 saturated carbocycles. The van der Waals surface area contributed by atoms with Crippen LogP contribution in [0.3, 0.4) is 0 Å². The summed E-state index contributed by atoms with van der Waals surface area (Å²) in [4.78, 5) is 0. The first kappa shape index (κ1) is 9.72. The maximum atomic E-state index is 8.54. The van der Waals surface area contributed by atoms with E-state index in [2.05, 4.69) is 6.07 Å². The Morgan fingerprint density at radius 3 is 2.54 bits per heavy atom. The summed E-state index contributed by atoms with van der Waals surface area (Å²) in [6.45, 7) is 1.67. The van der Waals surface area contributed by atoms with Crippen molar-refractivity contribution in [1.29, 1.82) is 5.26 Å². The van der Waals surface area contributed by atoms with Crippen LogP contribution in [-0.4, -0.2) is 13.2 Å². The van der Waals surface area contributed by atoms with Crippen LogP contribution in [0.25, 0.3) is 0 Å². The lowest BCUT2D eigenvalue weighted by Crippen LogP contribution is -2.08. The van der Waals surface area contributed by atoms with Gasteiger partial charge in [0.15, 0.2) is 0 Å². The molecule has 0 atom stereocenters. The first-order valence-corrected chi connectivity index (χ1v) is 4.13. The fraction of sp³-hybridized carbons (Fsp3) is 0.300. The zero-order valence-electron chi connectivity index (χ0n) is 7.36. The molecule has 0 aliphatic rings. The number of rotatable bonds is 4. The van der Waals surface area contributed by atoms with E-state index in [0.29, 0.717) is 25.3 Å². The summed E-state index contributed by atoms with van der Waals surface area (Å²) in [7, 11) is 0. The van der Waals surface area contributed by atoms with E-state index in [0.717, 1.165) is 5.56 Å². The van der Waals surface area contributed by atoms with Crippen LogP contribution in [0, 0.1) is 11.3 Å². The van der Waals surface area contributed by atoms with Crippen molar-refractivity contribution in [2.45, 2.75) is 6.61 Å². The number of nitriles is 1. The molecule has 2 N–H and O–H groups in total. The molecule has 0 heterocycles. The molecule has 1 rings (SSSR count). The van der Waals surface area contributed by atoms with Crippen LogP contribution in [0.15, 0.2) is 24.3 Å². The van der Waals surface area contributed by atoms with Crippen LogP contribution < -0.4 is 5.73 Å². The minimum Gasteiger partial charge on any atom is -0.375 e. The van der Waals surface area contributed by atoms with E-state index in [-0.39, 0.29) is 0 Å². The zero-order chi connectivity index (χ0) is 9.52. The Balaban J connectivity index is 2.46. The first-order valence-electron chi connectivity index (χ1n) is 4.13. The number of ether oxygens (including phenoxy) is 1. The topological polar surface area (TPSA) is 59.0 Å². The Morgan fingerprint density at radius 2 is 2.00 bits per heavy atom. The summed E-state index contributed by atoms with van der Waals surface area (Å²) < 4.78 is 5.23. The largest absolute Gasteiger partial charge is 0.375 e. The Bertz CT molecular complexity index is 287. The van der Waals surface area contributed by atoms with Gasteiger partial charge in [0.1, 0.15) is 0 Å². The Kier molecular flexibility index (Phi) is 3.97. The van der Waals surface area contributed by atoms with Gasteiger partial charge >= 0.3 is 0 Å². The maximum Gasteiger partial charge on any atom is 0.0991 e. The second kappa shape index (κ2) is 5.31. The van der Waals surface area contributed by atoms with Gasteiger partial charge in [-0.15, -0.1) is 0 Å². The van der Waals surface area contributed by atoms with Gasteiger partial charge in [-0.05, 0) is 17.7 Å². The molecule has 3 heteroatoms. The standard InChI is InChI=1S/C10H12N2O/c11-5-6-13-8-10-3-1-9(7-12)2-4-10/h1-4H,5-6,8,11H2. The molecule has 0 radical (unpaired) electrons. The summed E-state index contributed by atoms with van der Waals surface area (Å²) in [5, 5.41) is 8.54. The van der Waals surface area contributed by atoms with Gasteiger partial charge in [0.25, 0.3) is 0 Å². The second-order valence-electron chi connectivity index (χ2n) is 2.65. The van der Waals surface area contributed by atoms with E-state index in [1.54, 1.807) is 12.1 Å². The van der Waals surface area contributed by atoms with Crippen LogP contribution in [0.4, 0.5) is 0 Å². The van der Waals surface area contributed by atoms with E-state index < -0.39 is 0 Å². The molecule has 0 aromatic heterocycles. The van der Waals surface area contributed by atoms with Crippen molar-refractivity contribution < 1.29 is 4.74 Å². The molecule has 13 heavy (non-hydrogen) atoms. The smallest absolute Gasteiger partial charge is 0.0991 e. The summed E-state index contributed by atoms with van der Waals surface area (Å²) in [5.74, 6) is 0. The highest BCUT2D eigenvalue weighted by atomic mass is 16.5. The van der Waals surface area contributed by atoms with Crippen LogP contribution in [0.5, 0.6) is 0 Å². The first-order chi connectivity index (χ1) is 6.36. The Morgan fingerprint density at radius 1 is 1.31 bits per heavy atom. The summed E-state index contributed by atoms with van der Waals surface area (Å²) >= 11 is 0. The molecule has 0 aliphatic heterocycles. The number of hydrogen-bond donors (Lipinski definition) is 1. The van der Waals surface area contributed by atoms with Gasteiger partial charge in [-0.2, -0.15) is 5.26 Å². The highest BCUT2D eigenvalue weighted by molar-refractivity contribution is 5.31. The Labute approximate surface area is 77.7 Å². The monoisotopic (exact) mass is 176 g/mol. The highest BCUT2D eigenvalue weighted by Gasteiger charge is 1.93. The van der Waals surface area contributed by atoms with E-state index in [1.165, 1.54) is 0 Å². The quantitative estimate of drug-likeness (QED) is 0.697. The van der Waals surface area contributed by atoms with Crippen LogP contribution in [-0.2, 0) is 11.3 Å². The molecule has 0 bridgehead atoms. The fourth-order valence-corrected chi connectivity index (χ4v) is 0.949. The van der Waals surface area contributed by atoms with E-state index >= 15 is 0 Å². The van der Waals surface area contributed by atoms with Gasteiger partial charge in [0, 0.05) is 6.54 Å². The van der Waals surface area contributed by atoms with Gasteiger partial charge in [0.05, 0.1) is 24.8 Å². The van der Waals surface area contributed by atoms with Gasteiger partial charge in [0.2, 0.25) is 0 Å². The molecule has 0 unspecified atom stereocenters. The summed E-state index contributed by atoms with van der Waals surface area (Å²) in [6.07, 6.45) is 0. The normalized spacial score (nSPS) is 9.54. The lowest BCUT2D eigenvalue weighted by molar-refractivity contribution is 0.128. The predicted molar refractivity (Wildman–Crippen MR) is 49.9 cm³/mol. The van der Waals surface area contributed by atoms with Crippen molar-refractivity contribution in [1.82, 2.24) is 0 Å². The van der Waals surface area contributed by atoms with Crippen LogP contribution in [0.2, 0.25) is 0 Å². The van der Waals surface area contributed by atoms with Gasteiger partial charge in [-0.1, -0.05) is 12.1 Å². The molecule has 0 spiro atoms. The number of nitrogens with zero attached hydrogens (tertiary/aromatic N) is 1. The van der Waals surface area contributed by atoms with E-state index in [1.807, 2.05) is 12.1 Å². The summed E-state index contributed by atoms with van der Waals surface area (Å²) in [5.41, 5.74) is 7.00. The molecule has 1 aromatic rings. The SMILES string of the molecule is N#Cc1ccc(COCCN)cc1. The number of benzene rings is 1. The lowest BCUT2D eigenvalue weighted by Gasteiger charge is -2.01. The molecule has 0 fully saturated rings. The van der Waals surface area contributed by atoms with Gasteiger partial charge in [-0.25, -0.2) is 0 Å². The molecular weight excluding hydrogens is 164 g/mol.